The minimum absolute atomic E-state index is 0.157. The van der Waals surface area contributed by atoms with Gasteiger partial charge in [0.25, 0.3) is 0 Å². The van der Waals surface area contributed by atoms with E-state index in [1.54, 1.807) is 0 Å². The van der Waals surface area contributed by atoms with Gasteiger partial charge < -0.3 is 4.90 Å². The van der Waals surface area contributed by atoms with Crippen LogP contribution in [0.1, 0.15) is 36.0 Å². The smallest absolute Gasteiger partial charge is 0.147 e. The Balaban J connectivity index is 1.99. The Morgan fingerprint density at radius 2 is 2.00 bits per heavy atom. The fourth-order valence-corrected chi connectivity index (χ4v) is 5.18. The summed E-state index contributed by atoms with van der Waals surface area (Å²) in [5.41, 5.74) is 6.93. The molecule has 0 N–H and O–H groups in total. The number of allylic oxidation sites excluding steroid dienone is 2. The summed E-state index contributed by atoms with van der Waals surface area (Å²) in [5, 5.41) is 0.775. The van der Waals surface area contributed by atoms with E-state index in [1.165, 1.54) is 28.1 Å². The van der Waals surface area contributed by atoms with E-state index in [4.69, 9.17) is 11.6 Å². The van der Waals surface area contributed by atoms with Crippen LogP contribution in [0.5, 0.6) is 0 Å². The molecule has 4 rings (SSSR count). The van der Waals surface area contributed by atoms with Crippen molar-refractivity contribution in [2.24, 2.45) is 0 Å². The molecule has 2 nitrogen and oxygen atoms in total. The monoisotopic (exact) mass is 351 g/mol. The van der Waals surface area contributed by atoms with Crippen molar-refractivity contribution in [2.45, 2.75) is 38.0 Å². The molecule has 1 unspecified atom stereocenters. The van der Waals surface area contributed by atoms with Gasteiger partial charge in [0.05, 0.1) is 0 Å². The Hall–Kier alpha value is -2.06. The molecule has 0 fully saturated rings. The molecule has 0 saturated carbocycles. The van der Waals surface area contributed by atoms with Crippen LogP contribution >= 0.6 is 11.6 Å². The number of rotatable bonds is 3. The van der Waals surface area contributed by atoms with E-state index in [-0.39, 0.29) is 5.41 Å². The third-order valence-electron chi connectivity index (χ3n) is 5.75. The van der Waals surface area contributed by atoms with Gasteiger partial charge in [-0.3, -0.25) is 4.79 Å². The SMILES string of the molecule is Cc1cc(Cl)cc2c1N(C)C1=C(C=O)CCCC12Cc1ccccc1. The van der Waals surface area contributed by atoms with Crippen molar-refractivity contribution in [3.63, 3.8) is 0 Å². The number of hydrogen-bond acceptors (Lipinski definition) is 2. The van der Waals surface area contributed by atoms with Gasteiger partial charge in [0.2, 0.25) is 0 Å². The van der Waals surface area contributed by atoms with Crippen LogP contribution < -0.4 is 4.90 Å². The molecule has 1 aliphatic heterocycles. The average molecular weight is 352 g/mol. The molecule has 0 amide bonds. The van der Waals surface area contributed by atoms with E-state index in [0.717, 1.165) is 42.6 Å². The molecule has 1 atom stereocenters. The summed E-state index contributed by atoms with van der Waals surface area (Å²) in [4.78, 5) is 14.1. The van der Waals surface area contributed by atoms with Crippen molar-refractivity contribution in [3.8, 4) is 0 Å². The molecular formula is C22H22ClNO. The number of aryl methyl sites for hydroxylation is 1. The maximum Gasteiger partial charge on any atom is 0.147 e. The van der Waals surface area contributed by atoms with Gasteiger partial charge in [-0.1, -0.05) is 41.9 Å². The zero-order valence-corrected chi connectivity index (χ0v) is 15.4. The Kier molecular flexibility index (Phi) is 3.96. The maximum absolute atomic E-state index is 11.8. The molecule has 0 aromatic heterocycles. The summed E-state index contributed by atoms with van der Waals surface area (Å²) in [6.07, 6.45) is 4.90. The highest BCUT2D eigenvalue weighted by Gasteiger charge is 2.49. The summed E-state index contributed by atoms with van der Waals surface area (Å²) < 4.78 is 0. The molecule has 0 bridgehead atoms. The number of benzene rings is 2. The summed E-state index contributed by atoms with van der Waals surface area (Å²) in [7, 11) is 2.09. The molecule has 128 valence electrons. The van der Waals surface area contributed by atoms with Crippen LogP contribution in [0.25, 0.3) is 0 Å². The molecule has 2 aromatic carbocycles. The lowest BCUT2D eigenvalue weighted by atomic mass is 9.67. The van der Waals surface area contributed by atoms with Crippen LogP contribution in [0.4, 0.5) is 5.69 Å². The molecule has 1 aliphatic carbocycles. The number of aldehydes is 1. The highest BCUT2D eigenvalue weighted by Crippen LogP contribution is 2.56. The molecule has 25 heavy (non-hydrogen) atoms. The fraction of sp³-hybridized carbons (Fsp3) is 0.318. The first-order chi connectivity index (χ1) is 12.1. The second-order valence-corrected chi connectivity index (χ2v) is 7.70. The van der Waals surface area contributed by atoms with Crippen molar-refractivity contribution in [1.29, 1.82) is 0 Å². The lowest BCUT2D eigenvalue weighted by molar-refractivity contribution is -0.105. The van der Waals surface area contributed by atoms with E-state index >= 15 is 0 Å². The van der Waals surface area contributed by atoms with Crippen LogP contribution in [-0.4, -0.2) is 13.3 Å². The zero-order valence-electron chi connectivity index (χ0n) is 14.7. The number of carbonyl (C=O) groups is 1. The Morgan fingerprint density at radius 3 is 2.72 bits per heavy atom. The normalized spacial score (nSPS) is 22.0. The quantitative estimate of drug-likeness (QED) is 0.707. The standard InChI is InChI=1S/C22H22ClNO/c1-15-11-18(23)12-19-20(15)24(2)21-17(14-25)9-6-10-22(19,21)13-16-7-4-3-5-8-16/h3-5,7-8,11-12,14H,6,9-10,13H2,1-2H3. The van der Waals surface area contributed by atoms with Gasteiger partial charge in [-0.25, -0.2) is 0 Å². The Morgan fingerprint density at radius 1 is 1.24 bits per heavy atom. The first-order valence-electron chi connectivity index (χ1n) is 8.84. The molecule has 2 aliphatic rings. The molecule has 2 aromatic rings. The molecule has 0 radical (unpaired) electrons. The number of anilines is 1. The molecule has 0 saturated heterocycles. The third kappa shape index (κ3) is 2.43. The van der Waals surface area contributed by atoms with Gasteiger partial charge >= 0.3 is 0 Å². The van der Waals surface area contributed by atoms with Gasteiger partial charge in [0, 0.05) is 34.4 Å². The van der Waals surface area contributed by atoms with E-state index in [1.807, 2.05) is 12.1 Å². The van der Waals surface area contributed by atoms with Crippen molar-refractivity contribution in [2.75, 3.05) is 11.9 Å². The minimum Gasteiger partial charge on any atom is -0.346 e. The van der Waals surface area contributed by atoms with Gasteiger partial charge in [-0.2, -0.15) is 0 Å². The molecule has 0 spiro atoms. The number of nitrogens with zero attached hydrogens (tertiary/aromatic N) is 1. The fourth-order valence-electron chi connectivity index (χ4n) is 4.91. The maximum atomic E-state index is 11.8. The molecule has 1 heterocycles. The number of likely N-dealkylation sites (N-methyl/N-ethyl adjacent to an activating group) is 1. The van der Waals surface area contributed by atoms with Crippen molar-refractivity contribution in [1.82, 2.24) is 0 Å². The van der Waals surface area contributed by atoms with Crippen LogP contribution in [0.3, 0.4) is 0 Å². The van der Waals surface area contributed by atoms with Crippen LogP contribution in [-0.2, 0) is 16.6 Å². The van der Waals surface area contributed by atoms with Gasteiger partial charge in [-0.15, -0.1) is 0 Å². The highest BCUT2D eigenvalue weighted by molar-refractivity contribution is 6.31. The summed E-state index contributed by atoms with van der Waals surface area (Å²) >= 11 is 6.44. The predicted molar refractivity (Wildman–Crippen MR) is 103 cm³/mol. The average Bonchev–Trinajstić information content (AvgIpc) is 2.85. The van der Waals surface area contributed by atoms with Crippen LogP contribution in [0.2, 0.25) is 5.02 Å². The van der Waals surface area contributed by atoms with Gasteiger partial charge in [0.1, 0.15) is 6.29 Å². The van der Waals surface area contributed by atoms with Crippen molar-refractivity contribution in [3.05, 3.63) is 75.4 Å². The number of fused-ring (bicyclic) bond motifs is 3. The third-order valence-corrected chi connectivity index (χ3v) is 5.97. The highest BCUT2D eigenvalue weighted by atomic mass is 35.5. The number of hydrogen-bond donors (Lipinski definition) is 0. The predicted octanol–water partition coefficient (Wildman–Crippen LogP) is 5.22. The Labute approximate surface area is 154 Å². The second-order valence-electron chi connectivity index (χ2n) is 7.27. The van der Waals surface area contributed by atoms with E-state index in [2.05, 4.69) is 49.2 Å². The summed E-state index contributed by atoms with van der Waals surface area (Å²) in [6.45, 7) is 2.11. The van der Waals surface area contributed by atoms with Crippen molar-refractivity contribution >= 4 is 23.6 Å². The van der Waals surface area contributed by atoms with E-state index in [0.29, 0.717) is 0 Å². The van der Waals surface area contributed by atoms with E-state index < -0.39 is 0 Å². The summed E-state index contributed by atoms with van der Waals surface area (Å²) in [5.74, 6) is 0. The van der Waals surface area contributed by atoms with Gasteiger partial charge in [0.15, 0.2) is 0 Å². The minimum atomic E-state index is -0.157. The van der Waals surface area contributed by atoms with Crippen LogP contribution in [0, 0.1) is 6.92 Å². The van der Waals surface area contributed by atoms with E-state index in [9.17, 15) is 4.79 Å². The first-order valence-corrected chi connectivity index (χ1v) is 9.22. The summed E-state index contributed by atoms with van der Waals surface area (Å²) in [6, 6.07) is 14.7. The number of halogens is 1. The lowest BCUT2D eigenvalue weighted by Crippen LogP contribution is -2.36. The zero-order chi connectivity index (χ0) is 17.6. The Bertz CT molecular complexity index is 871. The number of carbonyl (C=O) groups excluding carboxylic acids is 1. The largest absolute Gasteiger partial charge is 0.346 e. The second kappa shape index (κ2) is 6.03. The topological polar surface area (TPSA) is 20.3 Å². The first kappa shape index (κ1) is 16.4. The van der Waals surface area contributed by atoms with Crippen molar-refractivity contribution < 1.29 is 4.79 Å². The van der Waals surface area contributed by atoms with Gasteiger partial charge in [-0.05, 0) is 61.4 Å². The lowest BCUT2D eigenvalue weighted by Gasteiger charge is -2.37. The van der Waals surface area contributed by atoms with Crippen LogP contribution in [0.15, 0.2) is 53.7 Å². The molecular weight excluding hydrogens is 330 g/mol. The molecule has 3 heteroatoms.